The Labute approximate surface area is 209 Å². The van der Waals surface area contributed by atoms with Crippen LogP contribution >= 0.6 is 34.9 Å². The Bertz CT molecular complexity index is 1420. The SMILES string of the molecule is Nc1nc(C(=NO)C(=O)N[C@@H]2C(=O)N3C(C(=O)O)=C(CSc4ccn5nccc5n4)CS[C@H]23)cs1. The van der Waals surface area contributed by atoms with Gasteiger partial charge in [-0.2, -0.15) is 5.10 Å². The molecule has 180 valence electrons. The maximum Gasteiger partial charge on any atom is 0.352 e. The summed E-state index contributed by atoms with van der Waals surface area (Å²) in [5, 5.41) is 30.4. The van der Waals surface area contributed by atoms with Gasteiger partial charge in [0.25, 0.3) is 11.8 Å². The van der Waals surface area contributed by atoms with Crippen molar-refractivity contribution < 1.29 is 24.7 Å². The van der Waals surface area contributed by atoms with Crippen molar-refractivity contribution >= 4 is 69.1 Å². The molecule has 0 saturated carbocycles. The van der Waals surface area contributed by atoms with E-state index in [0.29, 0.717) is 27.8 Å². The lowest BCUT2D eigenvalue weighted by molar-refractivity contribution is -0.150. The molecular weight excluding hydrogens is 516 g/mol. The van der Waals surface area contributed by atoms with E-state index in [-0.39, 0.29) is 16.5 Å². The molecule has 3 aromatic rings. The van der Waals surface area contributed by atoms with Crippen molar-refractivity contribution in [1.82, 2.24) is 29.8 Å². The molecule has 5 rings (SSSR count). The summed E-state index contributed by atoms with van der Waals surface area (Å²) in [6, 6.07) is 2.56. The summed E-state index contributed by atoms with van der Waals surface area (Å²) in [6.07, 6.45) is 3.39. The maximum absolute atomic E-state index is 12.9. The van der Waals surface area contributed by atoms with E-state index in [9.17, 15) is 24.7 Å². The van der Waals surface area contributed by atoms with Crippen molar-refractivity contribution in [2.24, 2.45) is 5.16 Å². The number of aromatic nitrogens is 4. The molecule has 1 fully saturated rings. The van der Waals surface area contributed by atoms with E-state index in [4.69, 9.17) is 5.73 Å². The number of rotatable bonds is 7. The minimum Gasteiger partial charge on any atom is -0.477 e. The van der Waals surface area contributed by atoms with Gasteiger partial charge in [-0.3, -0.25) is 14.5 Å². The zero-order valence-corrected chi connectivity index (χ0v) is 20.0. The number of fused-ring (bicyclic) bond motifs is 2. The van der Waals surface area contributed by atoms with Crippen molar-refractivity contribution in [2.45, 2.75) is 16.4 Å². The van der Waals surface area contributed by atoms with Crippen LogP contribution < -0.4 is 11.1 Å². The molecule has 5 N–H and O–H groups in total. The first-order valence-electron chi connectivity index (χ1n) is 9.95. The summed E-state index contributed by atoms with van der Waals surface area (Å²) in [5.41, 5.74) is 6.40. The molecule has 0 aromatic carbocycles. The van der Waals surface area contributed by atoms with Gasteiger partial charge in [-0.05, 0) is 11.6 Å². The molecular formula is C19H16N8O5S3. The first-order valence-corrected chi connectivity index (χ1v) is 12.9. The molecule has 2 aliphatic heterocycles. The van der Waals surface area contributed by atoms with Gasteiger partial charge in [0.1, 0.15) is 27.8 Å². The second kappa shape index (κ2) is 9.20. The molecule has 0 bridgehead atoms. The predicted octanol–water partition coefficient (Wildman–Crippen LogP) is 0.477. The van der Waals surface area contributed by atoms with Crippen LogP contribution in [0, 0.1) is 0 Å². The normalized spacial score (nSPS) is 20.1. The molecule has 3 aromatic heterocycles. The highest BCUT2D eigenvalue weighted by molar-refractivity contribution is 8.01. The molecule has 2 amide bonds. The van der Waals surface area contributed by atoms with Crippen molar-refractivity contribution in [2.75, 3.05) is 17.2 Å². The molecule has 0 aliphatic carbocycles. The number of oxime groups is 1. The number of hydrogen-bond donors (Lipinski definition) is 4. The van der Waals surface area contributed by atoms with Gasteiger partial charge in [0.2, 0.25) is 0 Å². The van der Waals surface area contributed by atoms with Gasteiger partial charge in [0, 0.05) is 29.1 Å². The third kappa shape index (κ3) is 4.19. The van der Waals surface area contributed by atoms with Gasteiger partial charge in [0.05, 0.1) is 6.20 Å². The number of carboxylic acids is 1. The lowest BCUT2D eigenvalue weighted by atomic mass is 10.0. The fraction of sp³-hybridized carbons (Fsp3) is 0.211. The van der Waals surface area contributed by atoms with Gasteiger partial charge < -0.3 is 21.4 Å². The Morgan fingerprint density at radius 3 is 2.89 bits per heavy atom. The Hall–Kier alpha value is -3.63. The lowest BCUT2D eigenvalue weighted by Crippen LogP contribution is -2.71. The molecule has 16 heteroatoms. The Morgan fingerprint density at radius 2 is 2.17 bits per heavy atom. The monoisotopic (exact) mass is 532 g/mol. The van der Waals surface area contributed by atoms with E-state index in [1.165, 1.54) is 33.8 Å². The minimum atomic E-state index is -1.22. The molecule has 0 unspecified atom stereocenters. The van der Waals surface area contributed by atoms with Crippen molar-refractivity contribution in [3.8, 4) is 0 Å². The number of thiazole rings is 1. The number of carboxylic acid groups (broad SMARTS) is 1. The number of anilines is 1. The number of nitrogen functional groups attached to an aromatic ring is 1. The molecule has 0 spiro atoms. The lowest BCUT2D eigenvalue weighted by Gasteiger charge is -2.49. The van der Waals surface area contributed by atoms with Crippen LogP contribution in [-0.2, 0) is 14.4 Å². The fourth-order valence-electron chi connectivity index (χ4n) is 3.65. The highest BCUT2D eigenvalue weighted by Crippen LogP contribution is 2.41. The highest BCUT2D eigenvalue weighted by Gasteiger charge is 2.54. The van der Waals surface area contributed by atoms with E-state index < -0.39 is 34.9 Å². The number of aliphatic carboxylic acids is 1. The predicted molar refractivity (Wildman–Crippen MR) is 128 cm³/mol. The summed E-state index contributed by atoms with van der Waals surface area (Å²) in [4.78, 5) is 47.1. The minimum absolute atomic E-state index is 0.0700. The van der Waals surface area contributed by atoms with Crippen molar-refractivity contribution in [1.29, 1.82) is 0 Å². The quantitative estimate of drug-likeness (QED) is 0.0827. The molecule has 0 radical (unpaired) electrons. The second-order valence-electron chi connectivity index (χ2n) is 7.33. The largest absolute Gasteiger partial charge is 0.477 e. The van der Waals surface area contributed by atoms with Crippen LogP contribution in [0.25, 0.3) is 5.65 Å². The van der Waals surface area contributed by atoms with Gasteiger partial charge >= 0.3 is 5.97 Å². The topological polar surface area (TPSA) is 188 Å². The summed E-state index contributed by atoms with van der Waals surface area (Å²) in [6.45, 7) is 0. The van der Waals surface area contributed by atoms with Gasteiger partial charge in [-0.25, -0.2) is 19.3 Å². The summed E-state index contributed by atoms with van der Waals surface area (Å²) in [5.74, 6) is -1.93. The molecule has 35 heavy (non-hydrogen) atoms. The first-order chi connectivity index (χ1) is 16.9. The average molecular weight is 533 g/mol. The van der Waals surface area contributed by atoms with Crippen LogP contribution in [0.1, 0.15) is 5.69 Å². The Balaban J connectivity index is 1.30. The highest BCUT2D eigenvalue weighted by atomic mass is 32.2. The zero-order chi connectivity index (χ0) is 24.7. The van der Waals surface area contributed by atoms with Crippen LogP contribution in [0.5, 0.6) is 0 Å². The number of amides is 2. The van der Waals surface area contributed by atoms with E-state index in [1.54, 1.807) is 29.0 Å². The Morgan fingerprint density at radius 1 is 1.34 bits per heavy atom. The fourth-order valence-corrected chi connectivity index (χ4v) is 6.55. The van der Waals surface area contributed by atoms with E-state index in [1.807, 2.05) is 0 Å². The summed E-state index contributed by atoms with van der Waals surface area (Å²) in [7, 11) is 0. The van der Waals surface area contributed by atoms with Crippen molar-refractivity contribution in [3.05, 3.63) is 46.9 Å². The first kappa shape index (κ1) is 23.1. The summed E-state index contributed by atoms with van der Waals surface area (Å²) < 4.78 is 1.62. The number of carbonyl (C=O) groups is 3. The van der Waals surface area contributed by atoms with E-state index >= 15 is 0 Å². The molecule has 13 nitrogen and oxygen atoms in total. The third-order valence-corrected chi connectivity index (χ3v) is 8.27. The Kier molecular flexibility index (Phi) is 6.08. The molecule has 2 atom stereocenters. The number of hydrogen-bond acceptors (Lipinski definition) is 12. The molecule has 2 aliphatic rings. The van der Waals surface area contributed by atoms with Gasteiger partial charge in [-0.1, -0.05) is 5.16 Å². The molecule has 5 heterocycles. The van der Waals surface area contributed by atoms with Crippen LogP contribution in [0.4, 0.5) is 5.13 Å². The number of nitrogens with two attached hydrogens (primary N) is 1. The second-order valence-corrected chi connectivity index (χ2v) is 10.3. The van der Waals surface area contributed by atoms with E-state index in [2.05, 4.69) is 25.5 Å². The zero-order valence-electron chi connectivity index (χ0n) is 17.6. The number of nitrogens with one attached hydrogen (secondary N) is 1. The number of nitrogens with zero attached hydrogens (tertiary/aromatic N) is 6. The van der Waals surface area contributed by atoms with Crippen LogP contribution in [-0.4, -0.2) is 81.2 Å². The van der Waals surface area contributed by atoms with Crippen LogP contribution in [0.2, 0.25) is 0 Å². The van der Waals surface area contributed by atoms with Crippen molar-refractivity contribution in [3.63, 3.8) is 0 Å². The molecule has 1 saturated heterocycles. The number of thioether (sulfide) groups is 2. The smallest absolute Gasteiger partial charge is 0.352 e. The summed E-state index contributed by atoms with van der Waals surface area (Å²) >= 11 is 3.76. The van der Waals surface area contributed by atoms with Gasteiger partial charge in [-0.15, -0.1) is 34.9 Å². The maximum atomic E-state index is 12.9. The third-order valence-electron chi connectivity index (χ3n) is 5.24. The van der Waals surface area contributed by atoms with E-state index in [0.717, 1.165) is 11.3 Å². The standard InChI is InChI=1S/C19H16N8O5S3/c20-19-22-9(7-35-19)12(25-32)15(28)24-13-16(29)27-14(18(30)31)8(6-34-17(13)27)5-33-11-2-4-26-10(23-11)1-3-21-26/h1-4,7,13,17,32H,5-6H2,(H2,20,22)(H,24,28)(H,30,31)/t13-,17-/m1/s1. The van der Waals surface area contributed by atoms with Crippen LogP contribution in [0.15, 0.2) is 51.4 Å². The van der Waals surface area contributed by atoms with Gasteiger partial charge in [0.15, 0.2) is 16.5 Å². The number of carbonyl (C=O) groups excluding carboxylic acids is 2. The number of β-lactam (4-membered cyclic amide) rings is 1. The average Bonchev–Trinajstić information content (AvgIpc) is 3.49. The van der Waals surface area contributed by atoms with Crippen LogP contribution in [0.3, 0.4) is 0 Å².